The van der Waals surface area contributed by atoms with E-state index in [1.807, 2.05) is 0 Å². The van der Waals surface area contributed by atoms with Crippen molar-refractivity contribution in [2.45, 2.75) is 45.6 Å². The van der Waals surface area contributed by atoms with Gasteiger partial charge < -0.3 is 10.1 Å². The summed E-state index contributed by atoms with van der Waals surface area (Å²) in [6.45, 7) is 7.84. The van der Waals surface area contributed by atoms with Crippen molar-refractivity contribution in [3.8, 4) is 0 Å². The van der Waals surface area contributed by atoms with Gasteiger partial charge in [-0.3, -0.25) is 0 Å². The predicted octanol–water partition coefficient (Wildman–Crippen LogP) is 2.19. The first-order chi connectivity index (χ1) is 6.66. The molecule has 2 aliphatic rings. The van der Waals surface area contributed by atoms with Gasteiger partial charge in [0.05, 0.1) is 6.61 Å². The largest absolute Gasteiger partial charge is 0.380 e. The first kappa shape index (κ1) is 10.4. The SMILES string of the molecule is CC1(C)CC(CNC2CCCOC2)C1. The zero-order chi connectivity index (χ0) is 10.0. The molecule has 0 radical (unpaired) electrons. The molecule has 1 atom stereocenters. The molecule has 1 saturated carbocycles. The van der Waals surface area contributed by atoms with Gasteiger partial charge in [0.2, 0.25) is 0 Å². The Labute approximate surface area is 87.4 Å². The summed E-state index contributed by atoms with van der Waals surface area (Å²) >= 11 is 0. The van der Waals surface area contributed by atoms with Gasteiger partial charge in [-0.25, -0.2) is 0 Å². The molecule has 0 amide bonds. The van der Waals surface area contributed by atoms with Crippen LogP contribution in [0.25, 0.3) is 0 Å². The number of rotatable bonds is 3. The van der Waals surface area contributed by atoms with Crippen molar-refractivity contribution >= 4 is 0 Å². The number of hydrogen-bond donors (Lipinski definition) is 1. The van der Waals surface area contributed by atoms with Crippen LogP contribution in [0.3, 0.4) is 0 Å². The summed E-state index contributed by atoms with van der Waals surface area (Å²) in [4.78, 5) is 0. The predicted molar refractivity (Wildman–Crippen MR) is 58.3 cm³/mol. The molecule has 0 aromatic heterocycles. The minimum atomic E-state index is 0.620. The average Bonchev–Trinajstić information content (AvgIpc) is 2.13. The molecule has 2 fully saturated rings. The summed E-state index contributed by atoms with van der Waals surface area (Å²) in [6, 6.07) is 0.632. The van der Waals surface area contributed by atoms with Crippen molar-refractivity contribution < 1.29 is 4.74 Å². The summed E-state index contributed by atoms with van der Waals surface area (Å²) < 4.78 is 5.44. The van der Waals surface area contributed by atoms with Crippen LogP contribution in [0.15, 0.2) is 0 Å². The minimum absolute atomic E-state index is 0.620. The molecule has 0 bridgehead atoms. The van der Waals surface area contributed by atoms with Crippen LogP contribution >= 0.6 is 0 Å². The van der Waals surface area contributed by atoms with Crippen LogP contribution in [0.2, 0.25) is 0 Å². The molecule has 1 saturated heterocycles. The van der Waals surface area contributed by atoms with Crippen LogP contribution < -0.4 is 5.32 Å². The third-order valence-corrected chi connectivity index (χ3v) is 3.54. The Bertz CT molecular complexity index is 177. The molecule has 1 unspecified atom stereocenters. The van der Waals surface area contributed by atoms with E-state index in [0.717, 1.165) is 19.1 Å². The van der Waals surface area contributed by atoms with Gasteiger partial charge in [-0.05, 0) is 43.6 Å². The second-order valence-electron chi connectivity index (χ2n) is 5.76. The van der Waals surface area contributed by atoms with Crippen LogP contribution in [-0.4, -0.2) is 25.8 Å². The summed E-state index contributed by atoms with van der Waals surface area (Å²) in [7, 11) is 0. The fraction of sp³-hybridized carbons (Fsp3) is 1.00. The van der Waals surface area contributed by atoms with E-state index in [4.69, 9.17) is 4.74 Å². The second-order valence-corrected chi connectivity index (χ2v) is 5.76. The molecule has 0 aromatic rings. The topological polar surface area (TPSA) is 21.3 Å². The highest BCUT2D eigenvalue weighted by Crippen LogP contribution is 2.44. The van der Waals surface area contributed by atoms with E-state index >= 15 is 0 Å². The average molecular weight is 197 g/mol. The van der Waals surface area contributed by atoms with E-state index < -0.39 is 0 Å². The quantitative estimate of drug-likeness (QED) is 0.749. The van der Waals surface area contributed by atoms with Gasteiger partial charge in [0.1, 0.15) is 0 Å². The lowest BCUT2D eigenvalue weighted by atomic mass is 9.64. The smallest absolute Gasteiger partial charge is 0.0619 e. The Kier molecular flexibility index (Phi) is 3.13. The molecular formula is C12H23NO. The van der Waals surface area contributed by atoms with Gasteiger partial charge in [0.25, 0.3) is 0 Å². The third-order valence-electron chi connectivity index (χ3n) is 3.54. The fourth-order valence-electron chi connectivity index (χ4n) is 2.88. The highest BCUT2D eigenvalue weighted by Gasteiger charge is 2.35. The Morgan fingerprint density at radius 3 is 2.71 bits per heavy atom. The lowest BCUT2D eigenvalue weighted by Gasteiger charge is -2.43. The fourth-order valence-corrected chi connectivity index (χ4v) is 2.88. The van der Waals surface area contributed by atoms with Crippen LogP contribution in [-0.2, 0) is 4.74 Å². The lowest BCUT2D eigenvalue weighted by Crippen LogP contribution is -2.44. The molecule has 0 aromatic carbocycles. The standard InChI is InChI=1S/C12H23NO/c1-12(2)6-10(7-12)8-13-11-4-3-5-14-9-11/h10-11,13H,3-9H2,1-2H3. The normalized spacial score (nSPS) is 32.6. The monoisotopic (exact) mass is 197 g/mol. The minimum Gasteiger partial charge on any atom is -0.380 e. The van der Waals surface area contributed by atoms with E-state index in [1.165, 1.54) is 32.2 Å². The second kappa shape index (κ2) is 4.19. The van der Waals surface area contributed by atoms with Gasteiger partial charge in [0, 0.05) is 12.6 Å². The van der Waals surface area contributed by atoms with Crippen LogP contribution in [0.1, 0.15) is 39.5 Å². The van der Waals surface area contributed by atoms with Crippen LogP contribution in [0.5, 0.6) is 0 Å². The Hall–Kier alpha value is -0.0800. The molecule has 1 N–H and O–H groups in total. The Morgan fingerprint density at radius 2 is 2.14 bits per heavy atom. The number of nitrogens with one attached hydrogen (secondary N) is 1. The molecular weight excluding hydrogens is 174 g/mol. The molecule has 82 valence electrons. The summed E-state index contributed by atoms with van der Waals surface area (Å²) in [5.74, 6) is 0.923. The molecule has 1 aliphatic carbocycles. The van der Waals surface area contributed by atoms with Gasteiger partial charge >= 0.3 is 0 Å². The van der Waals surface area contributed by atoms with Crippen molar-refractivity contribution in [1.82, 2.24) is 5.32 Å². The first-order valence-electron chi connectivity index (χ1n) is 5.97. The maximum absolute atomic E-state index is 5.44. The van der Waals surface area contributed by atoms with Crippen molar-refractivity contribution in [2.24, 2.45) is 11.3 Å². The summed E-state index contributed by atoms with van der Waals surface area (Å²) in [6.07, 6.45) is 5.32. The van der Waals surface area contributed by atoms with E-state index in [-0.39, 0.29) is 0 Å². The van der Waals surface area contributed by atoms with E-state index in [1.54, 1.807) is 0 Å². The van der Waals surface area contributed by atoms with E-state index in [9.17, 15) is 0 Å². The van der Waals surface area contributed by atoms with Crippen LogP contribution in [0, 0.1) is 11.3 Å². The van der Waals surface area contributed by atoms with Crippen molar-refractivity contribution in [1.29, 1.82) is 0 Å². The van der Waals surface area contributed by atoms with Crippen molar-refractivity contribution in [2.75, 3.05) is 19.8 Å². The van der Waals surface area contributed by atoms with Crippen LogP contribution in [0.4, 0.5) is 0 Å². The maximum atomic E-state index is 5.44. The molecule has 1 heterocycles. The van der Waals surface area contributed by atoms with Gasteiger partial charge in [0.15, 0.2) is 0 Å². The Balaban J connectivity index is 1.59. The number of ether oxygens (including phenoxy) is 1. The lowest BCUT2D eigenvalue weighted by molar-refractivity contribution is 0.0550. The van der Waals surface area contributed by atoms with Crippen molar-refractivity contribution in [3.63, 3.8) is 0 Å². The zero-order valence-corrected chi connectivity index (χ0v) is 9.51. The molecule has 14 heavy (non-hydrogen) atoms. The van der Waals surface area contributed by atoms with Gasteiger partial charge in [-0.2, -0.15) is 0 Å². The summed E-state index contributed by atoms with van der Waals surface area (Å²) in [5.41, 5.74) is 0.620. The highest BCUT2D eigenvalue weighted by atomic mass is 16.5. The molecule has 2 rings (SSSR count). The summed E-state index contributed by atoms with van der Waals surface area (Å²) in [5, 5.41) is 3.64. The first-order valence-corrected chi connectivity index (χ1v) is 5.97. The highest BCUT2D eigenvalue weighted by molar-refractivity contribution is 4.88. The molecule has 2 heteroatoms. The zero-order valence-electron chi connectivity index (χ0n) is 9.51. The molecule has 0 spiro atoms. The van der Waals surface area contributed by atoms with E-state index in [2.05, 4.69) is 19.2 Å². The van der Waals surface area contributed by atoms with Gasteiger partial charge in [-0.1, -0.05) is 13.8 Å². The molecule has 2 nitrogen and oxygen atoms in total. The third kappa shape index (κ3) is 2.71. The number of hydrogen-bond acceptors (Lipinski definition) is 2. The van der Waals surface area contributed by atoms with E-state index in [0.29, 0.717) is 11.5 Å². The Morgan fingerprint density at radius 1 is 1.36 bits per heavy atom. The molecule has 1 aliphatic heterocycles. The van der Waals surface area contributed by atoms with Crippen molar-refractivity contribution in [3.05, 3.63) is 0 Å². The van der Waals surface area contributed by atoms with Gasteiger partial charge in [-0.15, -0.1) is 0 Å². The maximum Gasteiger partial charge on any atom is 0.0619 e.